The van der Waals surface area contributed by atoms with E-state index in [0.29, 0.717) is 17.0 Å². The van der Waals surface area contributed by atoms with Crippen molar-refractivity contribution in [3.8, 4) is 11.1 Å². The van der Waals surface area contributed by atoms with E-state index in [9.17, 15) is 14.0 Å². The highest BCUT2D eigenvalue weighted by molar-refractivity contribution is 7.19. The van der Waals surface area contributed by atoms with E-state index in [1.807, 2.05) is 24.3 Å². The molecular weight excluding hydrogens is 435 g/mol. The van der Waals surface area contributed by atoms with Gasteiger partial charge in [-0.3, -0.25) is 9.59 Å². The van der Waals surface area contributed by atoms with Crippen LogP contribution in [0, 0.1) is 5.82 Å². The van der Waals surface area contributed by atoms with Gasteiger partial charge in [0.25, 0.3) is 5.91 Å². The Morgan fingerprint density at radius 2 is 1.84 bits per heavy atom. The Hall–Kier alpha value is -3.22. The van der Waals surface area contributed by atoms with Gasteiger partial charge in [-0.1, -0.05) is 41.9 Å². The van der Waals surface area contributed by atoms with Crippen molar-refractivity contribution in [2.24, 2.45) is 5.73 Å². The molecule has 0 aliphatic rings. The number of thiophene rings is 1. The number of nitrogens with two attached hydrogens (primary N) is 1. The highest BCUT2D eigenvalue weighted by Gasteiger charge is 2.12. The minimum atomic E-state index is -0.597. The van der Waals surface area contributed by atoms with E-state index in [1.165, 1.54) is 12.1 Å². The molecule has 0 saturated carbocycles. The summed E-state index contributed by atoms with van der Waals surface area (Å²) in [6.45, 7) is -0.211. The minimum Gasteiger partial charge on any atom is -0.368 e. The number of carbonyl (C=O) groups is 2. The lowest BCUT2D eigenvalue weighted by atomic mass is 10.0. The zero-order valence-electron chi connectivity index (χ0n) is 16.3. The van der Waals surface area contributed by atoms with Crippen LogP contribution in [0.1, 0.15) is 20.8 Å². The normalized spacial score (nSPS) is 10.9. The summed E-state index contributed by atoms with van der Waals surface area (Å²) in [4.78, 5) is 24.3. The Morgan fingerprint density at radius 3 is 2.61 bits per heavy atom. The first-order chi connectivity index (χ1) is 14.9. The molecule has 4 nitrogen and oxygen atoms in total. The number of amides is 2. The average Bonchev–Trinajstić information content (AvgIpc) is 3.13. The molecule has 0 bridgehead atoms. The average molecular weight is 453 g/mol. The topological polar surface area (TPSA) is 72.2 Å². The molecule has 4 aromatic rings. The SMILES string of the molecule is NC(=O)CNC(=O)c1cccc(-c2cccc3cc(Cc4cc(F)cc(Cl)c4)sc23)c1. The molecule has 0 atom stereocenters. The quantitative estimate of drug-likeness (QED) is 0.423. The first-order valence-electron chi connectivity index (χ1n) is 9.52. The minimum absolute atomic E-state index is 0.211. The van der Waals surface area contributed by atoms with Crippen LogP contribution in [0.2, 0.25) is 5.02 Å². The van der Waals surface area contributed by atoms with Gasteiger partial charge in [0, 0.05) is 26.6 Å². The smallest absolute Gasteiger partial charge is 0.251 e. The monoisotopic (exact) mass is 452 g/mol. The second-order valence-electron chi connectivity index (χ2n) is 7.12. The van der Waals surface area contributed by atoms with Gasteiger partial charge < -0.3 is 11.1 Å². The molecule has 3 N–H and O–H groups in total. The maximum absolute atomic E-state index is 13.7. The van der Waals surface area contributed by atoms with Gasteiger partial charge in [-0.05, 0) is 58.5 Å². The van der Waals surface area contributed by atoms with Crippen molar-refractivity contribution in [2.75, 3.05) is 6.54 Å². The van der Waals surface area contributed by atoms with Gasteiger partial charge in [-0.25, -0.2) is 4.39 Å². The lowest BCUT2D eigenvalue weighted by molar-refractivity contribution is -0.117. The molecule has 0 unspecified atom stereocenters. The van der Waals surface area contributed by atoms with Crippen LogP contribution >= 0.6 is 22.9 Å². The third kappa shape index (κ3) is 4.93. The van der Waals surface area contributed by atoms with Gasteiger partial charge in [-0.2, -0.15) is 0 Å². The summed E-state index contributed by atoms with van der Waals surface area (Å²) in [6, 6.07) is 19.9. The van der Waals surface area contributed by atoms with Gasteiger partial charge >= 0.3 is 0 Å². The maximum Gasteiger partial charge on any atom is 0.251 e. The van der Waals surface area contributed by atoms with Crippen LogP contribution in [-0.4, -0.2) is 18.4 Å². The summed E-state index contributed by atoms with van der Waals surface area (Å²) < 4.78 is 14.8. The fraction of sp³-hybridized carbons (Fsp3) is 0.0833. The third-order valence-electron chi connectivity index (χ3n) is 4.75. The fourth-order valence-electron chi connectivity index (χ4n) is 3.44. The van der Waals surface area contributed by atoms with Crippen LogP contribution in [0.15, 0.2) is 66.7 Å². The van der Waals surface area contributed by atoms with Crippen molar-refractivity contribution in [1.82, 2.24) is 5.32 Å². The van der Waals surface area contributed by atoms with Gasteiger partial charge in [0.1, 0.15) is 5.82 Å². The fourth-order valence-corrected chi connectivity index (χ4v) is 4.91. The molecule has 0 radical (unpaired) electrons. The number of fused-ring (bicyclic) bond motifs is 1. The maximum atomic E-state index is 13.7. The van der Waals surface area contributed by atoms with Crippen molar-refractivity contribution >= 4 is 44.8 Å². The second kappa shape index (κ2) is 8.88. The summed E-state index contributed by atoms with van der Waals surface area (Å²) in [7, 11) is 0. The molecule has 0 aliphatic carbocycles. The number of benzene rings is 3. The lowest BCUT2D eigenvalue weighted by Crippen LogP contribution is -2.33. The first kappa shape index (κ1) is 21.0. The van der Waals surface area contributed by atoms with Gasteiger partial charge in [-0.15, -0.1) is 11.3 Å². The van der Waals surface area contributed by atoms with Gasteiger partial charge in [0.2, 0.25) is 5.91 Å². The van der Waals surface area contributed by atoms with Gasteiger partial charge in [0.05, 0.1) is 6.54 Å². The standard InChI is InChI=1S/C24H18ClFN2O2S/c25-18-7-14(8-19(26)12-18)9-20-11-16-4-2-6-21(23(16)31-20)15-3-1-5-17(10-15)24(30)28-13-22(27)29/h1-8,10-12H,9,13H2,(H2,27,29)(H,28,30). The zero-order valence-corrected chi connectivity index (χ0v) is 17.9. The van der Waals surface area contributed by atoms with Crippen molar-refractivity contribution < 1.29 is 14.0 Å². The Morgan fingerprint density at radius 1 is 1.03 bits per heavy atom. The molecule has 3 aromatic carbocycles. The predicted molar refractivity (Wildman–Crippen MR) is 123 cm³/mol. The van der Waals surface area contributed by atoms with Crippen LogP contribution in [0.4, 0.5) is 4.39 Å². The largest absolute Gasteiger partial charge is 0.368 e. The summed E-state index contributed by atoms with van der Waals surface area (Å²) in [6.07, 6.45) is 0.575. The number of nitrogens with one attached hydrogen (secondary N) is 1. The van der Waals surface area contributed by atoms with Crippen LogP contribution < -0.4 is 11.1 Å². The first-order valence-corrected chi connectivity index (χ1v) is 10.7. The molecule has 156 valence electrons. The number of hydrogen-bond donors (Lipinski definition) is 2. The van der Waals surface area contributed by atoms with E-state index in [4.69, 9.17) is 17.3 Å². The zero-order chi connectivity index (χ0) is 22.0. The molecule has 0 spiro atoms. The lowest BCUT2D eigenvalue weighted by Gasteiger charge is -2.07. The highest BCUT2D eigenvalue weighted by atomic mass is 35.5. The molecule has 0 aliphatic heterocycles. The Bertz CT molecular complexity index is 1280. The van der Waals surface area contributed by atoms with E-state index < -0.39 is 5.91 Å². The highest BCUT2D eigenvalue weighted by Crippen LogP contribution is 2.36. The summed E-state index contributed by atoms with van der Waals surface area (Å²) >= 11 is 7.61. The van der Waals surface area contributed by atoms with E-state index in [0.717, 1.165) is 31.7 Å². The van der Waals surface area contributed by atoms with Crippen molar-refractivity contribution in [3.05, 3.63) is 93.6 Å². The molecule has 1 heterocycles. The van der Waals surface area contributed by atoms with E-state index >= 15 is 0 Å². The molecule has 0 fully saturated rings. The summed E-state index contributed by atoms with van der Waals surface area (Å²) in [5.41, 5.74) is 8.24. The predicted octanol–water partition coefficient (Wildman–Crippen LogP) is 5.17. The molecule has 4 rings (SSSR count). The number of rotatable bonds is 6. The van der Waals surface area contributed by atoms with E-state index in [-0.39, 0.29) is 18.3 Å². The molecule has 0 saturated heterocycles. The van der Waals surface area contributed by atoms with Crippen LogP contribution in [0.5, 0.6) is 0 Å². The van der Waals surface area contributed by atoms with Crippen molar-refractivity contribution in [2.45, 2.75) is 6.42 Å². The number of carbonyl (C=O) groups excluding carboxylic acids is 2. The van der Waals surface area contributed by atoms with Crippen molar-refractivity contribution in [1.29, 1.82) is 0 Å². The molecule has 7 heteroatoms. The number of primary amides is 1. The second-order valence-corrected chi connectivity index (χ2v) is 8.69. The molecule has 2 amide bonds. The van der Waals surface area contributed by atoms with Gasteiger partial charge in [0.15, 0.2) is 0 Å². The van der Waals surface area contributed by atoms with Crippen LogP contribution in [0.25, 0.3) is 21.2 Å². The number of hydrogen-bond acceptors (Lipinski definition) is 3. The van der Waals surface area contributed by atoms with E-state index in [2.05, 4.69) is 11.4 Å². The Balaban J connectivity index is 1.66. The molecule has 31 heavy (non-hydrogen) atoms. The van der Waals surface area contributed by atoms with Crippen molar-refractivity contribution in [3.63, 3.8) is 0 Å². The summed E-state index contributed by atoms with van der Waals surface area (Å²) in [5.74, 6) is -1.31. The summed E-state index contributed by atoms with van der Waals surface area (Å²) in [5, 5.41) is 3.95. The third-order valence-corrected chi connectivity index (χ3v) is 6.16. The Labute approximate surface area is 187 Å². The molecule has 1 aromatic heterocycles. The number of halogens is 2. The molecular formula is C24H18ClFN2O2S. The van der Waals surface area contributed by atoms with E-state index in [1.54, 1.807) is 35.6 Å². The Kier molecular flexibility index (Phi) is 6.02. The van der Waals surface area contributed by atoms with Crippen LogP contribution in [0.3, 0.4) is 0 Å². The van der Waals surface area contributed by atoms with Crippen LogP contribution in [-0.2, 0) is 11.2 Å².